The molecule has 0 bridgehead atoms. The minimum absolute atomic E-state index is 0.717. The zero-order valence-electron chi connectivity index (χ0n) is 11.9. The zero-order chi connectivity index (χ0) is 13.5. The summed E-state index contributed by atoms with van der Waals surface area (Å²) in [7, 11) is 3.85. The van der Waals surface area contributed by atoms with Crippen LogP contribution in [0.5, 0.6) is 5.88 Å². The Kier molecular flexibility index (Phi) is 5.57. The molecular weight excluding hydrogens is 240 g/mol. The van der Waals surface area contributed by atoms with Crippen LogP contribution in [0.1, 0.15) is 5.56 Å². The largest absolute Gasteiger partial charge is 0.481 e. The number of hydrogen-bond acceptors (Lipinski definition) is 5. The number of rotatable bonds is 6. The standard InChI is InChI=1S/C14H24N4O/c1-17-8-10-18(11-9-17)7-6-15-12-13-4-3-5-16-14(13)19-2/h3-5,15H,6-12H2,1-2H3. The lowest BCUT2D eigenvalue weighted by Gasteiger charge is -2.32. The molecule has 19 heavy (non-hydrogen) atoms. The third kappa shape index (κ3) is 4.45. The molecule has 0 spiro atoms. The highest BCUT2D eigenvalue weighted by atomic mass is 16.5. The summed E-state index contributed by atoms with van der Waals surface area (Å²) in [6.07, 6.45) is 1.76. The smallest absolute Gasteiger partial charge is 0.217 e. The molecule has 0 unspecified atom stereocenters. The average Bonchev–Trinajstić information content (AvgIpc) is 2.46. The molecule has 1 saturated heterocycles. The maximum absolute atomic E-state index is 5.24. The van der Waals surface area contributed by atoms with Crippen LogP contribution in [0.3, 0.4) is 0 Å². The Balaban J connectivity index is 1.66. The molecule has 5 nitrogen and oxygen atoms in total. The second-order valence-corrected chi connectivity index (χ2v) is 4.99. The number of piperazine rings is 1. The van der Waals surface area contributed by atoms with Gasteiger partial charge in [-0.1, -0.05) is 6.07 Å². The van der Waals surface area contributed by atoms with Crippen LogP contribution in [0.15, 0.2) is 18.3 Å². The zero-order valence-corrected chi connectivity index (χ0v) is 11.9. The van der Waals surface area contributed by atoms with Gasteiger partial charge in [-0.2, -0.15) is 0 Å². The molecule has 106 valence electrons. The predicted octanol–water partition coefficient (Wildman–Crippen LogP) is 0.427. The van der Waals surface area contributed by atoms with Gasteiger partial charge in [0.25, 0.3) is 0 Å². The molecule has 1 N–H and O–H groups in total. The van der Waals surface area contributed by atoms with E-state index >= 15 is 0 Å². The van der Waals surface area contributed by atoms with Crippen LogP contribution in [0.4, 0.5) is 0 Å². The molecule has 0 aliphatic carbocycles. The molecule has 0 amide bonds. The van der Waals surface area contributed by atoms with E-state index in [0.717, 1.165) is 31.1 Å². The third-order valence-electron chi connectivity index (χ3n) is 3.56. The van der Waals surface area contributed by atoms with Crippen molar-refractivity contribution in [2.75, 3.05) is 53.4 Å². The SMILES string of the molecule is COc1ncccc1CNCCN1CCN(C)CC1. The highest BCUT2D eigenvalue weighted by Crippen LogP contribution is 2.12. The number of aromatic nitrogens is 1. The minimum Gasteiger partial charge on any atom is -0.481 e. The van der Waals surface area contributed by atoms with E-state index in [2.05, 4.69) is 33.2 Å². The van der Waals surface area contributed by atoms with Crippen molar-refractivity contribution in [2.24, 2.45) is 0 Å². The van der Waals surface area contributed by atoms with Gasteiger partial charge in [-0.15, -0.1) is 0 Å². The number of nitrogens with one attached hydrogen (secondary N) is 1. The van der Waals surface area contributed by atoms with Crippen LogP contribution < -0.4 is 10.1 Å². The quantitative estimate of drug-likeness (QED) is 0.755. The van der Waals surface area contributed by atoms with Crippen LogP contribution in [0.25, 0.3) is 0 Å². The number of likely N-dealkylation sites (N-methyl/N-ethyl adjacent to an activating group) is 1. The second-order valence-electron chi connectivity index (χ2n) is 4.99. The summed E-state index contributed by atoms with van der Waals surface area (Å²) < 4.78 is 5.24. The van der Waals surface area contributed by atoms with Gasteiger partial charge < -0.3 is 15.0 Å². The summed E-state index contributed by atoms with van der Waals surface area (Å²) in [6, 6.07) is 3.99. The molecule has 1 fully saturated rings. The molecule has 2 heterocycles. The Labute approximate surface area is 115 Å². The molecule has 5 heteroatoms. The minimum atomic E-state index is 0.717. The normalized spacial score (nSPS) is 17.6. The van der Waals surface area contributed by atoms with Crippen molar-refractivity contribution in [3.8, 4) is 5.88 Å². The lowest BCUT2D eigenvalue weighted by molar-refractivity contribution is 0.154. The van der Waals surface area contributed by atoms with Crippen molar-refractivity contribution in [1.29, 1.82) is 0 Å². The topological polar surface area (TPSA) is 40.6 Å². The highest BCUT2D eigenvalue weighted by molar-refractivity contribution is 5.24. The lowest BCUT2D eigenvalue weighted by atomic mass is 10.2. The average molecular weight is 264 g/mol. The van der Waals surface area contributed by atoms with Gasteiger partial charge in [0.2, 0.25) is 5.88 Å². The highest BCUT2D eigenvalue weighted by Gasteiger charge is 2.12. The molecular formula is C14H24N4O. The summed E-state index contributed by atoms with van der Waals surface area (Å²) in [5, 5.41) is 3.46. The molecule has 2 rings (SSSR count). The summed E-state index contributed by atoms with van der Waals surface area (Å²) >= 11 is 0. The van der Waals surface area contributed by atoms with E-state index in [1.165, 1.54) is 26.2 Å². The number of nitrogens with zero attached hydrogens (tertiary/aromatic N) is 3. The molecule has 1 aromatic heterocycles. The van der Waals surface area contributed by atoms with E-state index in [1.807, 2.05) is 6.07 Å². The van der Waals surface area contributed by atoms with Gasteiger partial charge in [-0.25, -0.2) is 4.98 Å². The van der Waals surface area contributed by atoms with Gasteiger partial charge in [0, 0.05) is 57.6 Å². The van der Waals surface area contributed by atoms with Crippen molar-refractivity contribution in [3.05, 3.63) is 23.9 Å². The first-order valence-corrected chi connectivity index (χ1v) is 6.89. The molecule has 1 aliphatic heterocycles. The Morgan fingerprint density at radius 2 is 2.11 bits per heavy atom. The van der Waals surface area contributed by atoms with E-state index in [4.69, 9.17) is 4.74 Å². The van der Waals surface area contributed by atoms with Crippen molar-refractivity contribution in [2.45, 2.75) is 6.54 Å². The summed E-state index contributed by atoms with van der Waals surface area (Å²) in [5.41, 5.74) is 1.11. The van der Waals surface area contributed by atoms with E-state index in [1.54, 1.807) is 13.3 Å². The lowest BCUT2D eigenvalue weighted by Crippen LogP contribution is -2.46. The second kappa shape index (κ2) is 7.43. The van der Waals surface area contributed by atoms with Crippen LogP contribution in [0, 0.1) is 0 Å². The van der Waals surface area contributed by atoms with Gasteiger partial charge in [0.05, 0.1) is 7.11 Å². The van der Waals surface area contributed by atoms with Gasteiger partial charge in [-0.3, -0.25) is 4.90 Å². The third-order valence-corrected chi connectivity index (χ3v) is 3.56. The maximum Gasteiger partial charge on any atom is 0.217 e. The number of ether oxygens (including phenoxy) is 1. The molecule has 0 atom stereocenters. The van der Waals surface area contributed by atoms with Crippen molar-refractivity contribution in [3.63, 3.8) is 0 Å². The molecule has 0 saturated carbocycles. The molecule has 1 aliphatic rings. The Bertz CT molecular complexity index is 377. The van der Waals surface area contributed by atoms with Gasteiger partial charge in [-0.05, 0) is 13.1 Å². The Morgan fingerprint density at radius 3 is 2.84 bits per heavy atom. The fourth-order valence-corrected chi connectivity index (χ4v) is 2.27. The molecule has 1 aromatic rings. The number of methoxy groups -OCH3 is 1. The summed E-state index contributed by atoms with van der Waals surface area (Å²) in [5.74, 6) is 0.717. The summed E-state index contributed by atoms with van der Waals surface area (Å²) in [4.78, 5) is 9.08. The first-order valence-electron chi connectivity index (χ1n) is 6.89. The van der Waals surface area contributed by atoms with Crippen LogP contribution in [-0.4, -0.2) is 68.2 Å². The van der Waals surface area contributed by atoms with E-state index in [-0.39, 0.29) is 0 Å². The summed E-state index contributed by atoms with van der Waals surface area (Å²) in [6.45, 7) is 7.62. The van der Waals surface area contributed by atoms with Gasteiger partial charge in [0.1, 0.15) is 0 Å². The Hall–Kier alpha value is -1.17. The van der Waals surface area contributed by atoms with Crippen LogP contribution in [0.2, 0.25) is 0 Å². The van der Waals surface area contributed by atoms with E-state index in [0.29, 0.717) is 0 Å². The molecule has 0 aromatic carbocycles. The van der Waals surface area contributed by atoms with Crippen LogP contribution >= 0.6 is 0 Å². The maximum atomic E-state index is 5.24. The fourth-order valence-electron chi connectivity index (χ4n) is 2.27. The number of pyridine rings is 1. The van der Waals surface area contributed by atoms with E-state index in [9.17, 15) is 0 Å². The first kappa shape index (κ1) is 14.2. The van der Waals surface area contributed by atoms with Crippen molar-refractivity contribution < 1.29 is 4.74 Å². The van der Waals surface area contributed by atoms with Crippen molar-refractivity contribution >= 4 is 0 Å². The fraction of sp³-hybridized carbons (Fsp3) is 0.643. The monoisotopic (exact) mass is 264 g/mol. The number of hydrogen-bond donors (Lipinski definition) is 1. The van der Waals surface area contributed by atoms with Crippen LogP contribution in [-0.2, 0) is 6.54 Å². The first-order chi connectivity index (χ1) is 9.29. The van der Waals surface area contributed by atoms with E-state index < -0.39 is 0 Å². The van der Waals surface area contributed by atoms with Gasteiger partial charge >= 0.3 is 0 Å². The molecule has 0 radical (unpaired) electrons. The van der Waals surface area contributed by atoms with Crippen molar-refractivity contribution in [1.82, 2.24) is 20.1 Å². The predicted molar refractivity (Wildman–Crippen MR) is 76.4 cm³/mol. The Morgan fingerprint density at radius 1 is 1.32 bits per heavy atom. The van der Waals surface area contributed by atoms with Gasteiger partial charge in [0.15, 0.2) is 0 Å².